The number of rotatable bonds is 4. The largest absolute Gasteiger partial charge is 0.497 e. The van der Waals surface area contributed by atoms with Crippen molar-refractivity contribution in [2.24, 2.45) is 0 Å². The first-order valence-corrected chi connectivity index (χ1v) is 10.4. The summed E-state index contributed by atoms with van der Waals surface area (Å²) in [6.45, 7) is 2.04. The smallest absolute Gasteiger partial charge is 0.262 e. The Morgan fingerprint density at radius 1 is 0.966 bits per heavy atom. The molecule has 0 saturated heterocycles. The van der Waals surface area contributed by atoms with Gasteiger partial charge in [-0.25, -0.2) is 0 Å². The highest BCUT2D eigenvalue weighted by Crippen LogP contribution is 2.37. The highest BCUT2D eigenvalue weighted by molar-refractivity contribution is 14.1. The monoisotopic (exact) mass is 493 g/mol. The minimum atomic E-state index is -0.0241. The molecule has 0 bridgehead atoms. The zero-order valence-electron chi connectivity index (χ0n) is 16.2. The predicted octanol–water partition coefficient (Wildman–Crippen LogP) is 6.08. The van der Waals surface area contributed by atoms with Gasteiger partial charge >= 0.3 is 0 Å². The van der Waals surface area contributed by atoms with Crippen molar-refractivity contribution in [3.63, 3.8) is 0 Å². The van der Waals surface area contributed by atoms with Crippen LogP contribution in [0.25, 0.3) is 11.8 Å². The molecule has 1 amide bonds. The van der Waals surface area contributed by atoms with E-state index in [0.29, 0.717) is 5.57 Å². The molecule has 0 N–H and O–H groups in total. The molecule has 0 spiro atoms. The van der Waals surface area contributed by atoms with Gasteiger partial charge in [-0.05, 0) is 88.7 Å². The number of hydrogen-bond acceptors (Lipinski definition) is 2. The lowest BCUT2D eigenvalue weighted by Gasteiger charge is -2.23. The van der Waals surface area contributed by atoms with E-state index < -0.39 is 0 Å². The molecule has 3 aromatic rings. The molecule has 1 aliphatic heterocycles. The second kappa shape index (κ2) is 8.25. The minimum Gasteiger partial charge on any atom is -0.497 e. The first-order valence-electron chi connectivity index (χ1n) is 9.30. The molecule has 0 fully saturated rings. The Labute approximate surface area is 184 Å². The summed E-state index contributed by atoms with van der Waals surface area (Å²) in [6.07, 6.45) is 3.89. The van der Waals surface area contributed by atoms with Crippen molar-refractivity contribution in [1.29, 1.82) is 0 Å². The standard InChI is InChI=1S/C25H20INO2/c1-17-14-21(26)10-13-23(17)27-24(19-6-4-3-5-7-19)16-20(25(27)28)15-18-8-11-22(29-2)12-9-18/h3-16H,1-2H3/b20-15+. The van der Waals surface area contributed by atoms with Gasteiger partial charge in [0.2, 0.25) is 0 Å². The van der Waals surface area contributed by atoms with Gasteiger partial charge in [0.05, 0.1) is 18.5 Å². The summed E-state index contributed by atoms with van der Waals surface area (Å²) >= 11 is 2.29. The van der Waals surface area contributed by atoms with Crippen molar-refractivity contribution >= 4 is 46.0 Å². The molecule has 0 unspecified atom stereocenters. The lowest BCUT2D eigenvalue weighted by Crippen LogP contribution is -2.25. The van der Waals surface area contributed by atoms with Gasteiger partial charge < -0.3 is 4.74 Å². The van der Waals surface area contributed by atoms with E-state index in [2.05, 4.69) is 28.7 Å². The van der Waals surface area contributed by atoms with Crippen molar-refractivity contribution in [3.05, 3.63) is 105 Å². The zero-order valence-corrected chi connectivity index (χ0v) is 18.4. The van der Waals surface area contributed by atoms with Crippen LogP contribution in [0, 0.1) is 10.5 Å². The summed E-state index contributed by atoms with van der Waals surface area (Å²) in [5, 5.41) is 0. The summed E-state index contributed by atoms with van der Waals surface area (Å²) in [4.78, 5) is 15.2. The molecule has 144 valence electrons. The lowest BCUT2D eigenvalue weighted by atomic mass is 10.1. The molecule has 1 heterocycles. The van der Waals surface area contributed by atoms with Crippen molar-refractivity contribution in [1.82, 2.24) is 0 Å². The Balaban J connectivity index is 1.81. The summed E-state index contributed by atoms with van der Waals surface area (Å²) in [5.74, 6) is 0.769. The van der Waals surface area contributed by atoms with Crippen molar-refractivity contribution < 1.29 is 9.53 Å². The minimum absolute atomic E-state index is 0.0241. The fraction of sp³-hybridized carbons (Fsp3) is 0.0800. The number of carbonyl (C=O) groups is 1. The summed E-state index contributed by atoms with van der Waals surface area (Å²) < 4.78 is 6.37. The van der Waals surface area contributed by atoms with Crippen LogP contribution in [0.15, 0.2) is 84.4 Å². The van der Waals surface area contributed by atoms with Crippen LogP contribution in [0.2, 0.25) is 0 Å². The van der Waals surface area contributed by atoms with Crippen molar-refractivity contribution in [2.75, 3.05) is 12.0 Å². The fourth-order valence-electron chi connectivity index (χ4n) is 3.43. The van der Waals surface area contributed by atoms with Crippen molar-refractivity contribution in [3.8, 4) is 5.75 Å². The maximum absolute atomic E-state index is 13.4. The van der Waals surface area contributed by atoms with Crippen LogP contribution in [-0.4, -0.2) is 13.0 Å². The van der Waals surface area contributed by atoms with Crippen LogP contribution in [0.3, 0.4) is 0 Å². The van der Waals surface area contributed by atoms with Crippen LogP contribution >= 0.6 is 22.6 Å². The lowest BCUT2D eigenvalue weighted by molar-refractivity contribution is -0.113. The Bertz CT molecular complexity index is 1120. The summed E-state index contributed by atoms with van der Waals surface area (Å²) in [6, 6.07) is 23.9. The van der Waals surface area contributed by atoms with Gasteiger partial charge in [-0.1, -0.05) is 42.5 Å². The Hall–Kier alpha value is -2.86. The van der Waals surface area contributed by atoms with Crippen LogP contribution in [0.5, 0.6) is 5.75 Å². The Morgan fingerprint density at radius 3 is 2.34 bits per heavy atom. The molecular weight excluding hydrogens is 473 g/mol. The summed E-state index contributed by atoms with van der Waals surface area (Å²) in [7, 11) is 1.64. The Kier molecular flexibility index (Phi) is 5.53. The van der Waals surface area contributed by atoms with E-state index in [9.17, 15) is 4.79 Å². The quantitative estimate of drug-likeness (QED) is 0.326. The number of anilines is 1. The number of benzene rings is 3. The van der Waals surface area contributed by atoms with Gasteiger partial charge in [0.15, 0.2) is 0 Å². The van der Waals surface area contributed by atoms with Crippen LogP contribution in [0.4, 0.5) is 5.69 Å². The van der Waals surface area contributed by atoms with Crippen LogP contribution in [0.1, 0.15) is 16.7 Å². The number of aryl methyl sites for hydroxylation is 1. The second-order valence-electron chi connectivity index (χ2n) is 6.84. The molecule has 0 aromatic heterocycles. The molecule has 0 saturated carbocycles. The fourth-order valence-corrected chi connectivity index (χ4v) is 4.07. The highest BCUT2D eigenvalue weighted by atomic mass is 127. The number of ether oxygens (including phenoxy) is 1. The molecule has 29 heavy (non-hydrogen) atoms. The average Bonchev–Trinajstić information content (AvgIpc) is 3.05. The van der Waals surface area contributed by atoms with Gasteiger partial charge in [0.1, 0.15) is 5.75 Å². The van der Waals surface area contributed by atoms with Gasteiger partial charge in [0, 0.05) is 9.14 Å². The van der Waals surface area contributed by atoms with E-state index in [4.69, 9.17) is 4.74 Å². The van der Waals surface area contributed by atoms with Gasteiger partial charge in [-0.15, -0.1) is 0 Å². The van der Waals surface area contributed by atoms with E-state index in [1.165, 1.54) is 0 Å². The SMILES string of the molecule is COc1ccc(/C=C2\C=C(c3ccccc3)N(c3ccc(I)cc3C)C2=O)cc1. The van der Waals surface area contributed by atoms with Gasteiger partial charge in [0.25, 0.3) is 5.91 Å². The maximum Gasteiger partial charge on any atom is 0.262 e. The molecule has 4 heteroatoms. The predicted molar refractivity (Wildman–Crippen MR) is 127 cm³/mol. The number of amides is 1. The number of halogens is 1. The molecule has 1 aliphatic rings. The molecule has 3 aromatic carbocycles. The van der Waals surface area contributed by atoms with Crippen LogP contribution in [-0.2, 0) is 4.79 Å². The molecule has 0 aliphatic carbocycles. The molecule has 0 radical (unpaired) electrons. The number of methoxy groups -OCH3 is 1. The summed E-state index contributed by atoms with van der Waals surface area (Å²) in [5.41, 5.74) is 5.49. The maximum atomic E-state index is 13.4. The van der Waals surface area contributed by atoms with Gasteiger partial charge in [-0.2, -0.15) is 0 Å². The number of hydrogen-bond donors (Lipinski definition) is 0. The second-order valence-corrected chi connectivity index (χ2v) is 8.09. The molecule has 3 nitrogen and oxygen atoms in total. The number of carbonyl (C=O) groups excluding carboxylic acids is 1. The highest BCUT2D eigenvalue weighted by Gasteiger charge is 2.31. The van der Waals surface area contributed by atoms with E-state index in [-0.39, 0.29) is 5.91 Å². The van der Waals surface area contributed by atoms with Gasteiger partial charge in [-0.3, -0.25) is 9.69 Å². The van der Waals surface area contributed by atoms with E-state index in [1.54, 1.807) is 7.11 Å². The molecular formula is C25H20INO2. The normalized spacial score (nSPS) is 15.0. The zero-order chi connectivity index (χ0) is 20.4. The first-order chi connectivity index (χ1) is 14.1. The molecule has 0 atom stereocenters. The van der Waals surface area contributed by atoms with E-state index in [1.807, 2.05) is 90.7 Å². The topological polar surface area (TPSA) is 29.5 Å². The Morgan fingerprint density at radius 2 is 1.69 bits per heavy atom. The van der Waals surface area contributed by atoms with E-state index in [0.717, 1.165) is 37.4 Å². The molecule has 4 rings (SSSR count). The third kappa shape index (κ3) is 3.98. The first kappa shape index (κ1) is 19.5. The average molecular weight is 493 g/mol. The number of nitrogens with zero attached hydrogens (tertiary/aromatic N) is 1. The van der Waals surface area contributed by atoms with Crippen molar-refractivity contribution in [2.45, 2.75) is 6.92 Å². The van der Waals surface area contributed by atoms with Crippen LogP contribution < -0.4 is 9.64 Å². The van der Waals surface area contributed by atoms with E-state index >= 15 is 0 Å². The third-order valence-electron chi connectivity index (χ3n) is 4.89. The third-order valence-corrected chi connectivity index (χ3v) is 5.56.